The Morgan fingerprint density at radius 3 is 1.07 bits per heavy atom. The van der Waals surface area contributed by atoms with Crippen LogP contribution in [0.25, 0.3) is 11.4 Å². The number of hydrogen-bond acceptors (Lipinski definition) is 6. The Balaban J connectivity index is 1.69. The fourth-order valence-corrected chi connectivity index (χ4v) is 9.89. The van der Waals surface area contributed by atoms with Gasteiger partial charge >= 0.3 is 0 Å². The first-order valence-corrected chi connectivity index (χ1v) is 17.3. The van der Waals surface area contributed by atoms with Crippen molar-refractivity contribution in [2.24, 2.45) is 0 Å². The van der Waals surface area contributed by atoms with Gasteiger partial charge in [-0.15, -0.1) is 0 Å². The quantitative estimate of drug-likeness (QED) is 0.232. The van der Waals surface area contributed by atoms with Crippen LogP contribution in [-0.2, 0) is 9.13 Å². The van der Waals surface area contributed by atoms with E-state index in [9.17, 15) is 0 Å². The van der Waals surface area contributed by atoms with Gasteiger partial charge < -0.3 is 14.0 Å². The van der Waals surface area contributed by atoms with E-state index in [2.05, 4.69) is 0 Å². The van der Waals surface area contributed by atoms with Gasteiger partial charge in [0.1, 0.15) is 0 Å². The number of anilines is 1. The molecule has 0 aliphatic carbocycles. The van der Waals surface area contributed by atoms with Gasteiger partial charge in [-0.1, -0.05) is 121 Å². The van der Waals surface area contributed by atoms with E-state index in [0.717, 1.165) is 5.69 Å². The van der Waals surface area contributed by atoms with Crippen molar-refractivity contribution in [1.82, 2.24) is 15.0 Å². The largest absolute Gasteiger partial charge is 0.378 e. The summed E-state index contributed by atoms with van der Waals surface area (Å²) < 4.78 is 30.9. The first kappa shape index (κ1) is 28.5. The van der Waals surface area contributed by atoms with E-state index >= 15 is 9.13 Å². The molecule has 0 amide bonds. The molecule has 0 fully saturated rings. The van der Waals surface area contributed by atoms with Crippen LogP contribution in [0.3, 0.4) is 0 Å². The van der Waals surface area contributed by atoms with Crippen molar-refractivity contribution >= 4 is 52.3 Å². The van der Waals surface area contributed by atoms with Crippen LogP contribution in [-0.4, -0.2) is 29.0 Å². The molecule has 0 aliphatic rings. The molecule has 0 radical (unpaired) electrons. The second kappa shape index (κ2) is 11.9. The standard InChI is InChI=1S/C35H30N4O2P2/c1-39(2)28-25-23-27(24-26-28)33-36-34(42(40,29-15-7-3-8-16-29)30-17-9-4-10-18-30)38-35(37-33)43(41,31-19-11-5-12-20-31)32-21-13-6-14-22-32/h3-26H,1-2H3. The number of aromatic nitrogens is 3. The van der Waals surface area contributed by atoms with Gasteiger partial charge in [-0.25, -0.2) is 15.0 Å². The minimum Gasteiger partial charge on any atom is -0.378 e. The van der Waals surface area contributed by atoms with Crippen LogP contribution in [0.5, 0.6) is 0 Å². The number of benzene rings is 5. The predicted octanol–water partition coefficient (Wildman–Crippen LogP) is 4.88. The zero-order valence-corrected chi connectivity index (χ0v) is 25.6. The summed E-state index contributed by atoms with van der Waals surface area (Å²) >= 11 is 0. The normalized spacial score (nSPS) is 11.7. The summed E-state index contributed by atoms with van der Waals surface area (Å²) in [6, 6.07) is 44.8. The second-order valence-corrected chi connectivity index (χ2v) is 15.6. The highest BCUT2D eigenvalue weighted by atomic mass is 31.2. The molecular formula is C35H30N4O2P2. The van der Waals surface area contributed by atoms with Crippen LogP contribution in [0.2, 0.25) is 0 Å². The van der Waals surface area contributed by atoms with Crippen LogP contribution < -0.4 is 37.2 Å². The van der Waals surface area contributed by atoms with Gasteiger partial charge in [0, 0.05) is 46.6 Å². The summed E-state index contributed by atoms with van der Waals surface area (Å²) in [5.74, 6) is 0.310. The van der Waals surface area contributed by atoms with Crippen LogP contribution >= 0.6 is 14.3 Å². The van der Waals surface area contributed by atoms with E-state index < -0.39 is 14.3 Å². The Kier molecular flexibility index (Phi) is 7.90. The fraction of sp³-hybridized carbons (Fsp3) is 0.0571. The minimum absolute atomic E-state index is 0.0914. The minimum atomic E-state index is -3.62. The zero-order chi connectivity index (χ0) is 29.9. The maximum Gasteiger partial charge on any atom is 0.206 e. The van der Waals surface area contributed by atoms with Crippen LogP contribution in [0.1, 0.15) is 0 Å². The van der Waals surface area contributed by atoms with E-state index in [0.29, 0.717) is 32.6 Å². The lowest BCUT2D eigenvalue weighted by Crippen LogP contribution is -2.38. The highest BCUT2D eigenvalue weighted by molar-refractivity contribution is 7.86. The topological polar surface area (TPSA) is 76.1 Å². The Hall–Kier alpha value is -4.63. The number of hydrogen-bond donors (Lipinski definition) is 0. The second-order valence-electron chi connectivity index (χ2n) is 10.3. The molecule has 0 spiro atoms. The summed E-state index contributed by atoms with van der Waals surface area (Å²) in [6.07, 6.45) is 0. The maximum atomic E-state index is 15.4. The molecule has 43 heavy (non-hydrogen) atoms. The highest BCUT2D eigenvalue weighted by Crippen LogP contribution is 2.44. The van der Waals surface area contributed by atoms with Crippen molar-refractivity contribution in [3.8, 4) is 11.4 Å². The smallest absolute Gasteiger partial charge is 0.206 e. The zero-order valence-electron chi connectivity index (χ0n) is 23.9. The summed E-state index contributed by atoms with van der Waals surface area (Å²) in [7, 11) is -3.30. The average Bonchev–Trinajstić information content (AvgIpc) is 3.09. The van der Waals surface area contributed by atoms with Gasteiger partial charge in [0.2, 0.25) is 25.4 Å². The molecule has 0 saturated carbocycles. The van der Waals surface area contributed by atoms with E-state index in [1.165, 1.54) is 0 Å². The van der Waals surface area contributed by atoms with E-state index in [-0.39, 0.29) is 11.1 Å². The Morgan fingerprint density at radius 2 is 0.767 bits per heavy atom. The van der Waals surface area contributed by atoms with E-state index in [1.54, 1.807) is 0 Å². The van der Waals surface area contributed by atoms with Crippen molar-refractivity contribution in [3.05, 3.63) is 146 Å². The third-order valence-electron chi connectivity index (χ3n) is 7.30. The molecule has 0 bridgehead atoms. The molecular weight excluding hydrogens is 570 g/mol. The lowest BCUT2D eigenvalue weighted by atomic mass is 10.2. The van der Waals surface area contributed by atoms with Crippen molar-refractivity contribution in [2.45, 2.75) is 0 Å². The lowest BCUT2D eigenvalue weighted by molar-refractivity contribution is 0.590. The molecule has 8 heteroatoms. The molecule has 0 saturated heterocycles. The molecule has 6 aromatic rings. The molecule has 0 atom stereocenters. The van der Waals surface area contributed by atoms with Crippen molar-refractivity contribution in [3.63, 3.8) is 0 Å². The monoisotopic (exact) mass is 600 g/mol. The molecule has 0 unspecified atom stereocenters. The van der Waals surface area contributed by atoms with Gasteiger partial charge in [0.15, 0.2) is 5.82 Å². The fourth-order valence-electron chi connectivity index (χ4n) is 4.98. The molecule has 1 aromatic heterocycles. The third kappa shape index (κ3) is 5.36. The van der Waals surface area contributed by atoms with Crippen molar-refractivity contribution < 1.29 is 9.13 Å². The Labute approximate surface area is 251 Å². The van der Waals surface area contributed by atoms with Crippen LogP contribution in [0.4, 0.5) is 5.69 Å². The molecule has 212 valence electrons. The van der Waals surface area contributed by atoms with Gasteiger partial charge in [-0.2, -0.15) is 0 Å². The van der Waals surface area contributed by atoms with Crippen LogP contribution in [0.15, 0.2) is 146 Å². The van der Waals surface area contributed by atoms with E-state index in [1.807, 2.05) is 165 Å². The molecule has 0 N–H and O–H groups in total. The number of nitrogens with zero attached hydrogens (tertiary/aromatic N) is 4. The highest BCUT2D eigenvalue weighted by Gasteiger charge is 2.38. The summed E-state index contributed by atoms with van der Waals surface area (Å²) in [5, 5.41) is 2.34. The molecule has 5 aromatic carbocycles. The molecule has 6 nitrogen and oxygen atoms in total. The predicted molar refractivity (Wildman–Crippen MR) is 178 cm³/mol. The Morgan fingerprint density at radius 1 is 0.442 bits per heavy atom. The lowest BCUT2D eigenvalue weighted by Gasteiger charge is -2.22. The van der Waals surface area contributed by atoms with Crippen LogP contribution in [0, 0.1) is 0 Å². The van der Waals surface area contributed by atoms with Gasteiger partial charge in [0.05, 0.1) is 0 Å². The first-order valence-electron chi connectivity index (χ1n) is 13.9. The van der Waals surface area contributed by atoms with Gasteiger partial charge in [0.25, 0.3) is 0 Å². The summed E-state index contributed by atoms with van der Waals surface area (Å²) in [4.78, 5) is 16.7. The maximum absolute atomic E-state index is 15.4. The van der Waals surface area contributed by atoms with E-state index in [4.69, 9.17) is 15.0 Å². The first-order chi connectivity index (χ1) is 20.9. The van der Waals surface area contributed by atoms with Gasteiger partial charge in [-0.05, 0) is 24.3 Å². The number of rotatable bonds is 8. The average molecular weight is 601 g/mol. The van der Waals surface area contributed by atoms with Crippen molar-refractivity contribution in [2.75, 3.05) is 19.0 Å². The van der Waals surface area contributed by atoms with Crippen molar-refractivity contribution in [1.29, 1.82) is 0 Å². The molecule has 6 rings (SSSR count). The Bertz CT molecular complexity index is 1730. The summed E-state index contributed by atoms with van der Waals surface area (Å²) in [6.45, 7) is 0. The van der Waals surface area contributed by atoms with Gasteiger partial charge in [-0.3, -0.25) is 0 Å². The molecule has 0 aliphatic heterocycles. The SMILES string of the molecule is CN(C)c1ccc(-c2nc(P(=O)(c3ccccc3)c3ccccc3)nc(P(=O)(c3ccccc3)c3ccccc3)n2)cc1. The summed E-state index contributed by atoms with van der Waals surface area (Å²) in [5.41, 5.74) is 1.90. The molecule has 1 heterocycles. The third-order valence-corrected chi connectivity index (χ3v) is 12.9.